The highest BCUT2D eigenvalue weighted by Crippen LogP contribution is 2.34. The Hall–Kier alpha value is -5.05. The van der Waals surface area contributed by atoms with Gasteiger partial charge in [0, 0.05) is 0 Å². The van der Waals surface area contributed by atoms with Gasteiger partial charge in [0.15, 0.2) is 11.4 Å². The molecule has 0 aliphatic heterocycles. The number of aryl methyl sites for hydroxylation is 1. The first-order valence-corrected chi connectivity index (χ1v) is 10.1. The quantitative estimate of drug-likeness (QED) is 0.301. The number of nitriles is 1. The van der Waals surface area contributed by atoms with Crippen molar-refractivity contribution >= 4 is 11.4 Å². The highest BCUT2D eigenvalue weighted by atomic mass is 16.5. The lowest BCUT2D eigenvalue weighted by atomic mass is 10.1. The van der Waals surface area contributed by atoms with Crippen molar-refractivity contribution in [1.82, 2.24) is 0 Å². The maximum absolute atomic E-state index is 9.18. The molecule has 0 atom stereocenters. The molecule has 0 heterocycles. The molecule has 0 radical (unpaired) electrons. The van der Waals surface area contributed by atoms with Crippen LogP contribution in [-0.2, 0) is 0 Å². The molecule has 5 heteroatoms. The van der Waals surface area contributed by atoms with Gasteiger partial charge in [-0.2, -0.15) is 5.26 Å². The van der Waals surface area contributed by atoms with Gasteiger partial charge in [-0.3, -0.25) is 4.85 Å². The molecule has 33 heavy (non-hydrogen) atoms. The van der Waals surface area contributed by atoms with Crippen molar-refractivity contribution in [2.45, 2.75) is 6.92 Å². The summed E-state index contributed by atoms with van der Waals surface area (Å²) in [4.78, 5) is 6.71. The molecule has 0 aliphatic rings. The van der Waals surface area contributed by atoms with Crippen LogP contribution in [0.25, 0.3) is 20.8 Å². The Morgan fingerprint density at radius 1 is 0.636 bits per heavy atom. The Morgan fingerprint density at radius 2 is 1.12 bits per heavy atom. The third-order valence-electron chi connectivity index (χ3n) is 5.03. The van der Waals surface area contributed by atoms with Crippen LogP contribution in [0.4, 0.5) is 11.4 Å². The molecule has 4 aromatic carbocycles. The monoisotopic (exact) mass is 427 g/mol. The molecule has 0 saturated carbocycles. The Kier molecular flexibility index (Phi) is 6.03. The lowest BCUT2D eigenvalue weighted by Gasteiger charge is -2.10. The maximum atomic E-state index is 9.18. The average molecular weight is 427 g/mol. The van der Waals surface area contributed by atoms with Crippen LogP contribution in [0.15, 0.2) is 84.9 Å². The number of hydrogen-bond donors (Lipinski definition) is 0. The molecular weight excluding hydrogens is 410 g/mol. The van der Waals surface area contributed by atoms with E-state index in [1.165, 1.54) is 0 Å². The van der Waals surface area contributed by atoms with E-state index in [0.29, 0.717) is 34.2 Å². The summed E-state index contributed by atoms with van der Waals surface area (Å²) in [5.41, 5.74) is 4.14. The Bertz CT molecular complexity index is 1440. The van der Waals surface area contributed by atoms with Gasteiger partial charge in [-0.15, -0.1) is 0 Å². The van der Waals surface area contributed by atoms with E-state index in [1.54, 1.807) is 24.3 Å². The van der Waals surface area contributed by atoms with E-state index < -0.39 is 0 Å². The van der Waals surface area contributed by atoms with Crippen LogP contribution in [0.2, 0.25) is 0 Å². The van der Waals surface area contributed by atoms with Gasteiger partial charge in [-0.1, -0.05) is 36.4 Å². The number of nitrogens with zero attached hydrogens (tertiary/aromatic N) is 3. The summed E-state index contributed by atoms with van der Waals surface area (Å²) >= 11 is 0. The minimum Gasteiger partial charge on any atom is -0.459 e. The number of ether oxygens (including phenoxy) is 2. The van der Waals surface area contributed by atoms with Gasteiger partial charge in [-0.25, -0.2) is 4.85 Å². The van der Waals surface area contributed by atoms with Crippen LogP contribution in [0, 0.1) is 31.4 Å². The van der Waals surface area contributed by atoms with E-state index in [0.717, 1.165) is 16.7 Å². The van der Waals surface area contributed by atoms with Crippen molar-refractivity contribution in [3.05, 3.63) is 119 Å². The SMILES string of the molecule is [C-]#[N+]c1ccc(Oc2ccc(-c3ccc(Oc4ccc(C)c(C#N)c4)cc3)cc2)cc1[N+]#[C-]. The number of hydrogen-bond acceptors (Lipinski definition) is 3. The minimum atomic E-state index is 0.274. The van der Waals surface area contributed by atoms with Crippen molar-refractivity contribution in [3.8, 4) is 40.2 Å². The first-order valence-electron chi connectivity index (χ1n) is 10.1. The van der Waals surface area contributed by atoms with Gasteiger partial charge < -0.3 is 9.47 Å². The van der Waals surface area contributed by atoms with E-state index in [4.69, 9.17) is 22.6 Å². The number of benzene rings is 4. The summed E-state index contributed by atoms with van der Waals surface area (Å²) in [7, 11) is 0. The molecule has 0 amide bonds. The van der Waals surface area contributed by atoms with Gasteiger partial charge in [0.1, 0.15) is 23.0 Å². The maximum Gasteiger partial charge on any atom is 0.198 e. The third-order valence-corrected chi connectivity index (χ3v) is 5.03. The van der Waals surface area contributed by atoms with Crippen LogP contribution in [0.3, 0.4) is 0 Å². The van der Waals surface area contributed by atoms with Gasteiger partial charge >= 0.3 is 0 Å². The van der Waals surface area contributed by atoms with Crippen LogP contribution < -0.4 is 9.47 Å². The molecule has 0 aliphatic carbocycles. The Labute approximate surface area is 192 Å². The highest BCUT2D eigenvalue weighted by Gasteiger charge is 2.07. The average Bonchev–Trinajstić information content (AvgIpc) is 2.86. The lowest BCUT2D eigenvalue weighted by molar-refractivity contribution is 0.482. The standard InChI is InChI=1S/C28H17N3O2/c1-19-4-9-25(16-22(19)18-29)32-23-10-5-20(6-11-23)21-7-12-24(13-8-21)33-26-14-15-27(30-2)28(17-26)31-3/h4-17H,1H3. The van der Waals surface area contributed by atoms with Gasteiger partial charge in [0.25, 0.3) is 0 Å². The van der Waals surface area contributed by atoms with Crippen LogP contribution in [0.1, 0.15) is 11.1 Å². The fourth-order valence-electron chi connectivity index (χ4n) is 3.24. The van der Waals surface area contributed by atoms with Crippen LogP contribution in [-0.4, -0.2) is 0 Å². The first kappa shape index (κ1) is 21.2. The highest BCUT2D eigenvalue weighted by molar-refractivity contribution is 5.72. The largest absolute Gasteiger partial charge is 0.459 e. The molecule has 0 spiro atoms. The molecule has 0 unspecified atom stereocenters. The predicted molar refractivity (Wildman–Crippen MR) is 127 cm³/mol. The zero-order valence-corrected chi connectivity index (χ0v) is 17.7. The summed E-state index contributed by atoms with van der Waals surface area (Å²) in [5.74, 6) is 2.46. The molecule has 5 nitrogen and oxygen atoms in total. The van der Waals surface area contributed by atoms with E-state index >= 15 is 0 Å². The number of rotatable bonds is 5. The van der Waals surface area contributed by atoms with Gasteiger partial charge in [0.05, 0.1) is 24.8 Å². The zero-order valence-electron chi connectivity index (χ0n) is 17.7. The first-order chi connectivity index (χ1) is 16.1. The minimum absolute atomic E-state index is 0.274. The lowest BCUT2D eigenvalue weighted by Crippen LogP contribution is -1.88. The summed E-state index contributed by atoms with van der Waals surface area (Å²) in [6.07, 6.45) is 0. The van der Waals surface area contributed by atoms with E-state index in [9.17, 15) is 5.26 Å². The predicted octanol–water partition coefficient (Wildman–Crippen LogP) is 8.22. The second kappa shape index (κ2) is 9.40. The Morgan fingerprint density at radius 3 is 1.64 bits per heavy atom. The second-order valence-electron chi connectivity index (χ2n) is 7.22. The molecule has 0 saturated heterocycles. The van der Waals surface area contributed by atoms with Gasteiger partial charge in [-0.05, 0) is 72.1 Å². The van der Waals surface area contributed by atoms with Crippen LogP contribution in [0.5, 0.6) is 23.0 Å². The molecule has 0 bridgehead atoms. The van der Waals surface area contributed by atoms with Gasteiger partial charge in [0.2, 0.25) is 0 Å². The summed E-state index contributed by atoms with van der Waals surface area (Å²) in [6.45, 7) is 16.2. The Balaban J connectivity index is 1.46. The fraction of sp³-hybridized carbons (Fsp3) is 0.0357. The van der Waals surface area contributed by atoms with E-state index in [2.05, 4.69) is 15.8 Å². The fourth-order valence-corrected chi connectivity index (χ4v) is 3.24. The van der Waals surface area contributed by atoms with Crippen LogP contribution >= 0.6 is 0 Å². The van der Waals surface area contributed by atoms with E-state index in [1.807, 2.05) is 67.6 Å². The summed E-state index contributed by atoms with van der Waals surface area (Å²) < 4.78 is 11.7. The summed E-state index contributed by atoms with van der Waals surface area (Å²) in [6, 6.07) is 27.8. The second-order valence-corrected chi connectivity index (χ2v) is 7.22. The molecule has 4 rings (SSSR count). The molecule has 4 aromatic rings. The zero-order chi connectivity index (χ0) is 23.2. The van der Waals surface area contributed by atoms with Crippen molar-refractivity contribution < 1.29 is 9.47 Å². The molecule has 0 N–H and O–H groups in total. The normalized spacial score (nSPS) is 9.88. The van der Waals surface area contributed by atoms with Crippen molar-refractivity contribution in [2.75, 3.05) is 0 Å². The molecule has 156 valence electrons. The molecular formula is C28H17N3O2. The topological polar surface area (TPSA) is 51.0 Å². The third kappa shape index (κ3) is 4.83. The molecule has 0 aromatic heterocycles. The summed E-state index contributed by atoms with van der Waals surface area (Å²) in [5, 5.41) is 9.18. The molecule has 0 fully saturated rings. The van der Waals surface area contributed by atoms with Crippen molar-refractivity contribution in [3.63, 3.8) is 0 Å². The van der Waals surface area contributed by atoms with Crippen molar-refractivity contribution in [1.29, 1.82) is 5.26 Å². The van der Waals surface area contributed by atoms with Crippen molar-refractivity contribution in [2.24, 2.45) is 0 Å². The van der Waals surface area contributed by atoms with E-state index in [-0.39, 0.29) is 5.69 Å². The smallest absolute Gasteiger partial charge is 0.198 e.